The highest BCUT2D eigenvalue weighted by Gasteiger charge is 2.55. The van der Waals surface area contributed by atoms with Gasteiger partial charge in [0.25, 0.3) is 11.8 Å². The molecule has 160 valence electrons. The quantitative estimate of drug-likeness (QED) is 0.809. The van der Waals surface area contributed by atoms with E-state index in [-0.39, 0.29) is 17.2 Å². The van der Waals surface area contributed by atoms with Gasteiger partial charge in [-0.1, -0.05) is 0 Å². The van der Waals surface area contributed by atoms with E-state index < -0.39 is 0 Å². The monoisotopic (exact) mass is 418 g/mol. The molecule has 1 unspecified atom stereocenters. The van der Waals surface area contributed by atoms with E-state index in [4.69, 9.17) is 4.42 Å². The number of aromatic nitrogens is 1. The molecule has 2 aliphatic heterocycles. The highest BCUT2D eigenvalue weighted by atomic mass is 16.3. The molecule has 0 radical (unpaired) electrons. The van der Waals surface area contributed by atoms with Crippen LogP contribution < -0.4 is 5.32 Å². The summed E-state index contributed by atoms with van der Waals surface area (Å²) in [4.78, 5) is 36.1. The average molecular weight is 418 g/mol. The molecule has 4 aliphatic rings. The summed E-state index contributed by atoms with van der Waals surface area (Å²) in [6.07, 6.45) is 10.8. The molecule has 1 saturated heterocycles. The standard InChI is InChI=1S/C24H26N4O3/c29-22(19-11-16-3-7-25-14-20(16)31-19)27-13-17-12-24(17)5-9-28(10-6-24)23(30)18-4-8-26-21(18)15-1-2-15/h3-4,7,11,14-15,17H,1-2,5-6,8-10,12-13H2,(H,27,29). The Morgan fingerprint density at radius 3 is 2.87 bits per heavy atom. The van der Waals surface area contributed by atoms with Gasteiger partial charge in [0.1, 0.15) is 0 Å². The summed E-state index contributed by atoms with van der Waals surface area (Å²) in [6.45, 7) is 2.92. The molecule has 7 heteroatoms. The third kappa shape index (κ3) is 3.36. The first-order chi connectivity index (χ1) is 15.1. The number of hydrogen-bond donors (Lipinski definition) is 1. The van der Waals surface area contributed by atoms with E-state index in [1.807, 2.05) is 17.0 Å². The van der Waals surface area contributed by atoms with Crippen LogP contribution in [0.25, 0.3) is 11.0 Å². The SMILES string of the molecule is O=C(NCC1CC12CCN(C(=O)C1=CCN=C1C1CC1)CC2)c1cc2ccncc2o1. The van der Waals surface area contributed by atoms with Gasteiger partial charge in [-0.25, -0.2) is 0 Å². The second-order valence-electron chi connectivity index (χ2n) is 9.41. The number of rotatable bonds is 5. The van der Waals surface area contributed by atoms with Gasteiger partial charge in [0.15, 0.2) is 11.3 Å². The van der Waals surface area contributed by atoms with E-state index in [1.165, 1.54) is 12.8 Å². The molecule has 4 heterocycles. The van der Waals surface area contributed by atoms with E-state index in [2.05, 4.69) is 15.3 Å². The van der Waals surface area contributed by atoms with Gasteiger partial charge in [-0.05, 0) is 61.6 Å². The number of carbonyl (C=O) groups is 2. The van der Waals surface area contributed by atoms with Crippen LogP contribution in [-0.2, 0) is 4.79 Å². The van der Waals surface area contributed by atoms with Gasteiger partial charge in [-0.3, -0.25) is 19.6 Å². The number of fused-ring (bicyclic) bond motifs is 1. The maximum atomic E-state index is 13.0. The van der Waals surface area contributed by atoms with Crippen LogP contribution in [0.5, 0.6) is 0 Å². The zero-order valence-electron chi connectivity index (χ0n) is 17.5. The maximum Gasteiger partial charge on any atom is 0.287 e. The van der Waals surface area contributed by atoms with Crippen molar-refractivity contribution in [3.8, 4) is 0 Å². The zero-order chi connectivity index (χ0) is 21.0. The van der Waals surface area contributed by atoms with E-state index in [9.17, 15) is 9.59 Å². The van der Waals surface area contributed by atoms with E-state index >= 15 is 0 Å². The molecule has 2 saturated carbocycles. The second-order valence-corrected chi connectivity index (χ2v) is 9.41. The smallest absolute Gasteiger partial charge is 0.287 e. The van der Waals surface area contributed by atoms with Crippen molar-refractivity contribution in [2.75, 3.05) is 26.2 Å². The molecule has 0 aromatic carbocycles. The fourth-order valence-corrected chi connectivity index (χ4v) is 5.29. The normalized spacial score (nSPS) is 24.3. The number of piperidine rings is 1. The molecule has 2 aromatic heterocycles. The molecule has 1 spiro atoms. The molecule has 2 amide bonds. The lowest BCUT2D eigenvalue weighted by Crippen LogP contribution is -2.41. The molecule has 6 rings (SSSR count). The summed E-state index contributed by atoms with van der Waals surface area (Å²) in [5.74, 6) is 1.33. The number of hydrogen-bond acceptors (Lipinski definition) is 5. The summed E-state index contributed by atoms with van der Waals surface area (Å²) in [5, 5.41) is 3.92. The Morgan fingerprint density at radius 2 is 2.10 bits per heavy atom. The number of furan rings is 1. The molecule has 2 aliphatic carbocycles. The minimum absolute atomic E-state index is 0.169. The zero-order valence-corrected chi connectivity index (χ0v) is 17.5. The van der Waals surface area contributed by atoms with Crippen molar-refractivity contribution in [3.63, 3.8) is 0 Å². The number of likely N-dealkylation sites (tertiary alicyclic amines) is 1. The van der Waals surface area contributed by atoms with Crippen molar-refractivity contribution in [3.05, 3.63) is 41.9 Å². The summed E-state index contributed by atoms with van der Waals surface area (Å²) >= 11 is 0. The van der Waals surface area contributed by atoms with Gasteiger partial charge in [-0.15, -0.1) is 0 Å². The van der Waals surface area contributed by atoms with E-state index in [0.717, 1.165) is 49.0 Å². The summed E-state index contributed by atoms with van der Waals surface area (Å²) in [7, 11) is 0. The van der Waals surface area contributed by atoms with Crippen molar-refractivity contribution in [1.29, 1.82) is 0 Å². The van der Waals surface area contributed by atoms with E-state index in [0.29, 0.717) is 36.3 Å². The summed E-state index contributed by atoms with van der Waals surface area (Å²) in [5.41, 5.74) is 2.82. The predicted octanol–water partition coefficient (Wildman–Crippen LogP) is 2.98. The Balaban J connectivity index is 1.01. The summed E-state index contributed by atoms with van der Waals surface area (Å²) in [6, 6.07) is 3.59. The fourth-order valence-electron chi connectivity index (χ4n) is 5.29. The minimum Gasteiger partial charge on any atom is -0.449 e. The number of pyridine rings is 1. The highest BCUT2D eigenvalue weighted by Crippen LogP contribution is 2.59. The Bertz CT molecular complexity index is 1090. The van der Waals surface area contributed by atoms with Crippen molar-refractivity contribution < 1.29 is 14.0 Å². The van der Waals surface area contributed by atoms with Gasteiger partial charge in [0.05, 0.1) is 24.0 Å². The van der Waals surface area contributed by atoms with Crippen LogP contribution in [0, 0.1) is 17.3 Å². The van der Waals surface area contributed by atoms with Gasteiger partial charge < -0.3 is 14.6 Å². The minimum atomic E-state index is -0.175. The maximum absolute atomic E-state index is 13.0. The summed E-state index contributed by atoms with van der Waals surface area (Å²) < 4.78 is 5.60. The number of nitrogens with one attached hydrogen (secondary N) is 1. The first kappa shape index (κ1) is 18.8. The van der Waals surface area contributed by atoms with Crippen LogP contribution in [0.4, 0.5) is 0 Å². The highest BCUT2D eigenvalue weighted by molar-refractivity contribution is 6.24. The van der Waals surface area contributed by atoms with Crippen LogP contribution in [-0.4, -0.2) is 53.6 Å². The van der Waals surface area contributed by atoms with Crippen LogP contribution in [0.15, 0.2) is 45.6 Å². The van der Waals surface area contributed by atoms with Crippen molar-refractivity contribution in [1.82, 2.24) is 15.2 Å². The Hall–Kier alpha value is -2.96. The molecule has 1 N–H and O–H groups in total. The van der Waals surface area contributed by atoms with Crippen molar-refractivity contribution in [2.24, 2.45) is 22.2 Å². The molecule has 1 atom stereocenters. The third-order valence-corrected chi connectivity index (χ3v) is 7.49. The lowest BCUT2D eigenvalue weighted by molar-refractivity contribution is -0.128. The fraction of sp³-hybridized carbons (Fsp3) is 0.500. The van der Waals surface area contributed by atoms with Crippen LogP contribution in [0.1, 0.15) is 42.7 Å². The number of carbonyl (C=O) groups excluding carboxylic acids is 2. The third-order valence-electron chi connectivity index (χ3n) is 7.49. The lowest BCUT2D eigenvalue weighted by Gasteiger charge is -2.33. The van der Waals surface area contributed by atoms with E-state index in [1.54, 1.807) is 18.5 Å². The van der Waals surface area contributed by atoms with Crippen LogP contribution in [0.2, 0.25) is 0 Å². The molecule has 0 bridgehead atoms. The topological polar surface area (TPSA) is 87.8 Å². The second kappa shape index (κ2) is 7.04. The van der Waals surface area contributed by atoms with Gasteiger partial charge in [-0.2, -0.15) is 0 Å². The van der Waals surface area contributed by atoms with Crippen molar-refractivity contribution >= 4 is 28.5 Å². The van der Waals surface area contributed by atoms with Crippen LogP contribution in [0.3, 0.4) is 0 Å². The molecular weight excluding hydrogens is 392 g/mol. The predicted molar refractivity (Wildman–Crippen MR) is 116 cm³/mol. The van der Waals surface area contributed by atoms with Crippen LogP contribution >= 0.6 is 0 Å². The van der Waals surface area contributed by atoms with Gasteiger partial charge >= 0.3 is 0 Å². The number of aliphatic imine (C=N–C) groups is 1. The average Bonchev–Trinajstić information content (AvgIpc) is 3.64. The molecular formula is C24H26N4O3. The molecule has 31 heavy (non-hydrogen) atoms. The van der Waals surface area contributed by atoms with Crippen molar-refractivity contribution in [2.45, 2.75) is 32.1 Å². The molecule has 3 fully saturated rings. The Kier molecular flexibility index (Phi) is 4.26. The first-order valence-corrected chi connectivity index (χ1v) is 11.3. The van der Waals surface area contributed by atoms with Gasteiger partial charge in [0.2, 0.25) is 0 Å². The number of nitrogens with zero attached hydrogens (tertiary/aromatic N) is 3. The largest absolute Gasteiger partial charge is 0.449 e. The molecule has 7 nitrogen and oxygen atoms in total. The Morgan fingerprint density at radius 1 is 1.26 bits per heavy atom. The first-order valence-electron chi connectivity index (χ1n) is 11.3. The number of amides is 2. The lowest BCUT2D eigenvalue weighted by atomic mass is 9.90. The Labute approximate surface area is 180 Å². The molecule has 2 aromatic rings. The van der Waals surface area contributed by atoms with Gasteiger partial charge in [0, 0.05) is 37.1 Å².